The number of rotatable bonds is 10. The SMILES string of the molecule is CCOCc1nc2c(N)nc3ccccc3c2n1CCC=C(C)NOCc1ccccc1. The number of nitrogens with two attached hydrogens (primary N) is 1. The lowest BCUT2D eigenvalue weighted by Crippen LogP contribution is -2.12. The van der Waals surface area contributed by atoms with Gasteiger partial charge in [-0.1, -0.05) is 54.6 Å². The molecule has 3 N–H and O–H groups in total. The van der Waals surface area contributed by atoms with Crippen molar-refractivity contribution in [3.8, 4) is 0 Å². The van der Waals surface area contributed by atoms with Crippen LogP contribution in [-0.2, 0) is 29.3 Å². The summed E-state index contributed by atoms with van der Waals surface area (Å²) in [4.78, 5) is 14.9. The van der Waals surface area contributed by atoms with Crippen LogP contribution in [0.2, 0.25) is 0 Å². The van der Waals surface area contributed by atoms with E-state index >= 15 is 0 Å². The van der Waals surface area contributed by atoms with Crippen LogP contribution in [0.3, 0.4) is 0 Å². The first-order valence-electron chi connectivity index (χ1n) is 10.9. The highest BCUT2D eigenvalue weighted by molar-refractivity contribution is 6.06. The van der Waals surface area contributed by atoms with E-state index in [-0.39, 0.29) is 0 Å². The normalized spacial score (nSPS) is 12.0. The lowest BCUT2D eigenvalue weighted by molar-refractivity contribution is 0.0491. The van der Waals surface area contributed by atoms with Gasteiger partial charge in [0.25, 0.3) is 0 Å². The van der Waals surface area contributed by atoms with Crippen molar-refractivity contribution >= 4 is 27.8 Å². The Hall–Kier alpha value is -3.42. The van der Waals surface area contributed by atoms with E-state index in [9.17, 15) is 0 Å². The van der Waals surface area contributed by atoms with E-state index in [1.165, 1.54) is 0 Å². The summed E-state index contributed by atoms with van der Waals surface area (Å²) in [6.07, 6.45) is 2.92. The Balaban J connectivity index is 1.52. The number of hydrogen-bond donors (Lipinski definition) is 2. The summed E-state index contributed by atoms with van der Waals surface area (Å²) in [6.45, 7) is 6.28. The van der Waals surface area contributed by atoms with Crippen molar-refractivity contribution in [3.05, 3.63) is 77.8 Å². The van der Waals surface area contributed by atoms with Crippen LogP contribution < -0.4 is 11.2 Å². The molecule has 0 aliphatic heterocycles. The number of aromatic nitrogens is 3. The highest BCUT2D eigenvalue weighted by Crippen LogP contribution is 2.29. The first-order chi connectivity index (χ1) is 15.7. The van der Waals surface area contributed by atoms with Crippen molar-refractivity contribution in [1.29, 1.82) is 0 Å². The standard InChI is InChI=1S/C25H29N5O2/c1-3-31-17-22-28-23-24(20-13-7-8-14-21(20)27-25(23)26)30(22)15-9-10-18(2)29-32-16-19-11-5-4-6-12-19/h4-8,10-14,29H,3,9,15-17H2,1-2H3,(H2,26,27). The minimum absolute atomic E-state index is 0.431. The number of aryl methyl sites for hydroxylation is 1. The molecule has 7 heteroatoms. The summed E-state index contributed by atoms with van der Waals surface area (Å²) < 4.78 is 7.87. The smallest absolute Gasteiger partial charge is 0.152 e. The Morgan fingerprint density at radius 1 is 1.06 bits per heavy atom. The number of para-hydroxylation sites is 1. The number of hydroxylamine groups is 1. The van der Waals surface area contributed by atoms with Crippen LogP contribution in [0.15, 0.2) is 66.4 Å². The van der Waals surface area contributed by atoms with Crippen LogP contribution in [0.1, 0.15) is 31.7 Å². The largest absolute Gasteiger partial charge is 0.382 e. The van der Waals surface area contributed by atoms with Crippen molar-refractivity contribution in [2.75, 3.05) is 12.3 Å². The van der Waals surface area contributed by atoms with Crippen molar-refractivity contribution < 1.29 is 9.57 Å². The summed E-state index contributed by atoms with van der Waals surface area (Å²) in [5.74, 6) is 1.30. The second-order valence-corrected chi connectivity index (χ2v) is 7.58. The van der Waals surface area contributed by atoms with E-state index in [0.717, 1.165) is 52.0 Å². The van der Waals surface area contributed by atoms with Gasteiger partial charge in [-0.15, -0.1) is 0 Å². The number of nitrogens with zero attached hydrogens (tertiary/aromatic N) is 3. The van der Waals surface area contributed by atoms with Crippen LogP contribution >= 0.6 is 0 Å². The molecular weight excluding hydrogens is 402 g/mol. The molecule has 0 aliphatic carbocycles. The van der Waals surface area contributed by atoms with Gasteiger partial charge >= 0.3 is 0 Å². The van der Waals surface area contributed by atoms with Gasteiger partial charge in [-0.25, -0.2) is 9.97 Å². The van der Waals surface area contributed by atoms with Gasteiger partial charge in [-0.2, -0.15) is 0 Å². The summed E-state index contributed by atoms with van der Waals surface area (Å²) in [7, 11) is 0. The zero-order valence-electron chi connectivity index (χ0n) is 18.5. The Bertz CT molecular complexity index is 1220. The van der Waals surface area contributed by atoms with E-state index in [0.29, 0.717) is 25.6 Å². The van der Waals surface area contributed by atoms with Gasteiger partial charge < -0.3 is 15.0 Å². The first-order valence-corrected chi connectivity index (χ1v) is 10.9. The molecule has 2 heterocycles. The number of allylic oxidation sites excluding steroid dienone is 2. The van der Waals surface area contributed by atoms with Crippen molar-refractivity contribution in [2.45, 2.75) is 40.0 Å². The summed E-state index contributed by atoms with van der Waals surface area (Å²) in [5, 5.41) is 1.04. The van der Waals surface area contributed by atoms with Gasteiger partial charge in [0.15, 0.2) is 5.82 Å². The molecule has 166 valence electrons. The molecule has 4 rings (SSSR count). The molecule has 0 amide bonds. The molecular formula is C25H29N5O2. The third-order valence-electron chi connectivity index (χ3n) is 5.24. The van der Waals surface area contributed by atoms with Crippen LogP contribution in [0, 0.1) is 0 Å². The third-order valence-corrected chi connectivity index (χ3v) is 5.24. The summed E-state index contributed by atoms with van der Waals surface area (Å²) in [5.41, 5.74) is 13.9. The molecule has 0 aliphatic rings. The summed E-state index contributed by atoms with van der Waals surface area (Å²) in [6, 6.07) is 18.1. The molecule has 2 aromatic carbocycles. The van der Waals surface area contributed by atoms with E-state index in [2.05, 4.69) is 27.2 Å². The molecule has 0 saturated carbocycles. The van der Waals surface area contributed by atoms with Gasteiger partial charge in [-0.05, 0) is 31.9 Å². The third kappa shape index (κ3) is 4.90. The fraction of sp³-hybridized carbons (Fsp3) is 0.280. The molecule has 0 unspecified atom stereocenters. The number of imidazole rings is 1. The molecule has 32 heavy (non-hydrogen) atoms. The Morgan fingerprint density at radius 3 is 2.66 bits per heavy atom. The number of nitrogens with one attached hydrogen (secondary N) is 1. The van der Waals surface area contributed by atoms with Gasteiger partial charge in [0.2, 0.25) is 0 Å². The number of pyridine rings is 1. The molecule has 0 saturated heterocycles. The number of hydrogen-bond acceptors (Lipinski definition) is 6. The number of nitrogen functional groups attached to an aromatic ring is 1. The number of benzene rings is 2. The Morgan fingerprint density at radius 2 is 1.84 bits per heavy atom. The van der Waals surface area contributed by atoms with Gasteiger partial charge in [0, 0.05) is 24.2 Å². The average Bonchev–Trinajstić information content (AvgIpc) is 3.18. The van der Waals surface area contributed by atoms with Crippen molar-refractivity contribution in [2.24, 2.45) is 0 Å². The highest BCUT2D eigenvalue weighted by Gasteiger charge is 2.16. The maximum absolute atomic E-state index is 6.25. The van der Waals surface area contributed by atoms with Crippen LogP contribution in [-0.4, -0.2) is 21.1 Å². The average molecular weight is 432 g/mol. The second-order valence-electron chi connectivity index (χ2n) is 7.58. The minimum atomic E-state index is 0.431. The lowest BCUT2D eigenvalue weighted by atomic mass is 10.2. The monoisotopic (exact) mass is 431 g/mol. The minimum Gasteiger partial charge on any atom is -0.382 e. The molecule has 0 radical (unpaired) electrons. The van der Waals surface area contributed by atoms with Crippen LogP contribution in [0.25, 0.3) is 21.9 Å². The quantitative estimate of drug-likeness (QED) is 0.353. The maximum Gasteiger partial charge on any atom is 0.152 e. The van der Waals surface area contributed by atoms with Gasteiger partial charge in [0.05, 0.1) is 17.6 Å². The fourth-order valence-corrected chi connectivity index (χ4v) is 3.71. The van der Waals surface area contributed by atoms with Crippen LogP contribution in [0.5, 0.6) is 0 Å². The second kappa shape index (κ2) is 10.3. The molecule has 0 fully saturated rings. The van der Waals surface area contributed by atoms with Gasteiger partial charge in [-0.3, -0.25) is 10.3 Å². The van der Waals surface area contributed by atoms with Crippen LogP contribution in [0.4, 0.5) is 5.82 Å². The predicted octanol–water partition coefficient (Wildman–Crippen LogP) is 4.72. The fourth-order valence-electron chi connectivity index (χ4n) is 3.71. The molecule has 7 nitrogen and oxygen atoms in total. The van der Waals surface area contributed by atoms with E-state index < -0.39 is 0 Å². The molecule has 0 spiro atoms. The predicted molar refractivity (Wildman–Crippen MR) is 128 cm³/mol. The summed E-state index contributed by atoms with van der Waals surface area (Å²) >= 11 is 0. The van der Waals surface area contributed by atoms with Crippen molar-refractivity contribution in [1.82, 2.24) is 20.0 Å². The maximum atomic E-state index is 6.25. The lowest BCUT2D eigenvalue weighted by Gasteiger charge is -2.11. The first kappa shape index (κ1) is 21.8. The molecule has 2 aromatic heterocycles. The Labute approximate surface area is 187 Å². The van der Waals surface area contributed by atoms with E-state index in [1.54, 1.807) is 0 Å². The molecule has 0 bridgehead atoms. The number of ether oxygens (including phenoxy) is 1. The van der Waals surface area contributed by atoms with E-state index in [4.69, 9.17) is 20.3 Å². The highest BCUT2D eigenvalue weighted by atomic mass is 16.6. The number of fused-ring (bicyclic) bond motifs is 3. The molecule has 4 aromatic rings. The van der Waals surface area contributed by atoms with Crippen molar-refractivity contribution in [3.63, 3.8) is 0 Å². The Kier molecular flexibility index (Phi) is 6.99. The molecule has 0 atom stereocenters. The van der Waals surface area contributed by atoms with Gasteiger partial charge in [0.1, 0.15) is 17.9 Å². The zero-order chi connectivity index (χ0) is 22.3. The topological polar surface area (TPSA) is 87.2 Å². The number of anilines is 1. The van der Waals surface area contributed by atoms with E-state index in [1.807, 2.05) is 62.4 Å². The zero-order valence-corrected chi connectivity index (χ0v) is 18.5.